The number of rotatable bonds is 5. The summed E-state index contributed by atoms with van der Waals surface area (Å²) >= 11 is 19.3. The number of urea groups is 1. The number of nitrogens with zero attached hydrogens (tertiary/aromatic N) is 3. The van der Waals surface area contributed by atoms with E-state index in [-0.39, 0.29) is 10.2 Å². The fourth-order valence-electron chi connectivity index (χ4n) is 2.48. The van der Waals surface area contributed by atoms with Crippen LogP contribution in [0, 0.1) is 5.82 Å². The van der Waals surface area contributed by atoms with Gasteiger partial charge in [0.15, 0.2) is 11.0 Å². The molecular formula is C18H13Cl3FN5O2S. The lowest BCUT2D eigenvalue weighted by Crippen LogP contribution is -2.39. The van der Waals surface area contributed by atoms with Gasteiger partial charge < -0.3 is 5.73 Å². The number of primary amides is 1. The minimum atomic E-state index is -0.965. The van der Waals surface area contributed by atoms with Crippen molar-refractivity contribution in [1.82, 2.24) is 20.1 Å². The number of thioether (sulfide) groups is 1. The summed E-state index contributed by atoms with van der Waals surface area (Å²) in [4.78, 5) is 23.0. The van der Waals surface area contributed by atoms with Crippen LogP contribution < -0.4 is 11.1 Å². The number of benzene rings is 2. The van der Waals surface area contributed by atoms with Crippen molar-refractivity contribution >= 4 is 58.5 Å². The van der Waals surface area contributed by atoms with Crippen LogP contribution >= 0.6 is 46.6 Å². The number of hydrogen-bond donors (Lipinski definition) is 2. The van der Waals surface area contributed by atoms with Gasteiger partial charge in [-0.05, 0) is 43.3 Å². The van der Waals surface area contributed by atoms with E-state index in [1.54, 1.807) is 29.7 Å². The van der Waals surface area contributed by atoms with Crippen molar-refractivity contribution in [3.63, 3.8) is 0 Å². The van der Waals surface area contributed by atoms with Crippen molar-refractivity contribution in [3.8, 4) is 17.1 Å². The number of hydrogen-bond acceptors (Lipinski definition) is 5. The van der Waals surface area contributed by atoms with Crippen molar-refractivity contribution in [2.75, 3.05) is 0 Å². The molecule has 0 bridgehead atoms. The molecule has 0 saturated carbocycles. The van der Waals surface area contributed by atoms with E-state index in [4.69, 9.17) is 40.5 Å². The van der Waals surface area contributed by atoms with Gasteiger partial charge in [-0.1, -0.05) is 46.6 Å². The maximum Gasteiger partial charge on any atom is 0.318 e. The van der Waals surface area contributed by atoms with Crippen LogP contribution in [0.15, 0.2) is 41.6 Å². The predicted octanol–water partition coefficient (Wildman–Crippen LogP) is 4.71. The van der Waals surface area contributed by atoms with E-state index in [9.17, 15) is 14.0 Å². The minimum Gasteiger partial charge on any atom is -0.351 e. The number of halogens is 4. The highest BCUT2D eigenvalue weighted by Gasteiger charge is 2.24. The first-order valence-corrected chi connectivity index (χ1v) is 10.3. The van der Waals surface area contributed by atoms with Gasteiger partial charge in [0.25, 0.3) is 0 Å². The van der Waals surface area contributed by atoms with Crippen molar-refractivity contribution in [2.24, 2.45) is 5.73 Å². The molecule has 12 heteroatoms. The Morgan fingerprint density at radius 2 is 1.87 bits per heavy atom. The van der Waals surface area contributed by atoms with Crippen LogP contribution in [0.3, 0.4) is 0 Å². The molecule has 3 amide bonds. The molecule has 0 fully saturated rings. The molecule has 3 rings (SSSR count). The quantitative estimate of drug-likeness (QED) is 0.506. The van der Waals surface area contributed by atoms with Gasteiger partial charge in [-0.15, -0.1) is 10.2 Å². The fourth-order valence-corrected chi connectivity index (χ4v) is 4.02. The average molecular weight is 489 g/mol. The Hall–Kier alpha value is -2.33. The van der Waals surface area contributed by atoms with Crippen LogP contribution in [0.25, 0.3) is 17.1 Å². The maximum atomic E-state index is 13.7. The highest BCUT2D eigenvalue weighted by atomic mass is 35.5. The molecule has 0 aliphatic carbocycles. The number of nitrogens with one attached hydrogen (secondary N) is 1. The summed E-state index contributed by atoms with van der Waals surface area (Å²) < 4.78 is 15.3. The summed E-state index contributed by atoms with van der Waals surface area (Å²) in [6.45, 7) is 1.56. The molecule has 0 spiro atoms. The Morgan fingerprint density at radius 3 is 2.50 bits per heavy atom. The van der Waals surface area contributed by atoms with Gasteiger partial charge >= 0.3 is 6.03 Å². The van der Waals surface area contributed by atoms with Crippen LogP contribution in [-0.4, -0.2) is 32.0 Å². The molecule has 3 N–H and O–H groups in total. The van der Waals surface area contributed by atoms with E-state index in [2.05, 4.69) is 10.2 Å². The Kier molecular flexibility index (Phi) is 6.87. The molecule has 7 nitrogen and oxygen atoms in total. The zero-order valence-electron chi connectivity index (χ0n) is 15.2. The van der Waals surface area contributed by atoms with E-state index in [0.29, 0.717) is 27.1 Å². The van der Waals surface area contributed by atoms with E-state index in [0.717, 1.165) is 11.8 Å². The SMILES string of the molecule is CC(Sc1nnc(-c2ccc(Cl)cc2Cl)n1-c1ccc(F)c(Cl)c1)C(=O)NC(N)=O. The standard InChI is InChI=1S/C18H13Cl3FN5O2S/c1-8(16(28)24-17(23)29)30-18-26-25-15(11-4-2-9(19)6-12(11)20)27(18)10-3-5-14(22)13(21)7-10/h2-8H,1H3,(H3,23,24,28,29). The zero-order chi connectivity index (χ0) is 22.0. The summed E-state index contributed by atoms with van der Waals surface area (Å²) in [6, 6.07) is 7.95. The Morgan fingerprint density at radius 1 is 1.13 bits per heavy atom. The van der Waals surface area contributed by atoms with Gasteiger partial charge in [0, 0.05) is 10.6 Å². The maximum absolute atomic E-state index is 13.7. The zero-order valence-corrected chi connectivity index (χ0v) is 18.3. The lowest BCUT2D eigenvalue weighted by Gasteiger charge is -2.14. The average Bonchev–Trinajstić information content (AvgIpc) is 3.06. The molecular weight excluding hydrogens is 476 g/mol. The smallest absolute Gasteiger partial charge is 0.318 e. The number of carbonyl (C=O) groups excluding carboxylic acids is 2. The van der Waals surface area contributed by atoms with Crippen molar-refractivity contribution in [2.45, 2.75) is 17.3 Å². The normalized spacial score (nSPS) is 11.9. The second kappa shape index (κ2) is 9.22. The highest BCUT2D eigenvalue weighted by molar-refractivity contribution is 8.00. The number of imide groups is 1. The van der Waals surface area contributed by atoms with Crippen LogP contribution in [0.2, 0.25) is 15.1 Å². The lowest BCUT2D eigenvalue weighted by molar-refractivity contribution is -0.119. The molecule has 1 heterocycles. The van der Waals surface area contributed by atoms with Crippen molar-refractivity contribution in [3.05, 3.63) is 57.3 Å². The Balaban J connectivity index is 2.11. The topological polar surface area (TPSA) is 103 Å². The first-order chi connectivity index (χ1) is 14.2. The van der Waals surface area contributed by atoms with E-state index < -0.39 is 23.0 Å². The van der Waals surface area contributed by atoms with Gasteiger partial charge in [-0.2, -0.15) is 0 Å². The molecule has 1 atom stereocenters. The van der Waals surface area contributed by atoms with Crippen LogP contribution in [-0.2, 0) is 4.79 Å². The van der Waals surface area contributed by atoms with Gasteiger partial charge in [-0.25, -0.2) is 9.18 Å². The lowest BCUT2D eigenvalue weighted by atomic mass is 10.2. The molecule has 2 aromatic carbocycles. The number of amides is 3. The van der Waals surface area contributed by atoms with Gasteiger partial charge in [-0.3, -0.25) is 14.7 Å². The van der Waals surface area contributed by atoms with E-state index in [1.807, 2.05) is 5.32 Å². The van der Waals surface area contributed by atoms with Crippen molar-refractivity contribution in [1.29, 1.82) is 0 Å². The molecule has 3 aromatic rings. The van der Waals surface area contributed by atoms with E-state index >= 15 is 0 Å². The summed E-state index contributed by atoms with van der Waals surface area (Å²) in [5.41, 5.74) is 5.95. The third-order valence-electron chi connectivity index (χ3n) is 3.86. The highest BCUT2D eigenvalue weighted by Crippen LogP contribution is 2.35. The molecule has 30 heavy (non-hydrogen) atoms. The Bertz CT molecular complexity index is 1140. The molecule has 1 aromatic heterocycles. The summed E-state index contributed by atoms with van der Waals surface area (Å²) in [5, 5.41) is 10.5. The minimum absolute atomic E-state index is 0.107. The first kappa shape index (κ1) is 22.4. The monoisotopic (exact) mass is 487 g/mol. The summed E-state index contributed by atoms with van der Waals surface area (Å²) in [5.74, 6) is -0.877. The third kappa shape index (κ3) is 4.86. The van der Waals surface area contributed by atoms with Gasteiger partial charge in [0.05, 0.1) is 21.0 Å². The molecule has 0 radical (unpaired) electrons. The van der Waals surface area contributed by atoms with Crippen molar-refractivity contribution < 1.29 is 14.0 Å². The Labute approximate surface area is 189 Å². The largest absolute Gasteiger partial charge is 0.351 e. The molecule has 1 unspecified atom stereocenters. The molecule has 0 saturated heterocycles. The summed E-state index contributed by atoms with van der Waals surface area (Å²) in [6.07, 6.45) is 0. The third-order valence-corrected chi connectivity index (χ3v) is 5.74. The second-order valence-corrected chi connectivity index (χ2v) is 8.54. The predicted molar refractivity (Wildman–Crippen MR) is 115 cm³/mol. The van der Waals surface area contributed by atoms with Crippen LogP contribution in [0.5, 0.6) is 0 Å². The number of nitrogens with two attached hydrogens (primary N) is 1. The molecule has 156 valence electrons. The number of carbonyl (C=O) groups is 2. The summed E-state index contributed by atoms with van der Waals surface area (Å²) in [7, 11) is 0. The molecule has 0 aliphatic heterocycles. The van der Waals surface area contributed by atoms with E-state index in [1.165, 1.54) is 18.2 Å². The van der Waals surface area contributed by atoms with Crippen LogP contribution in [0.1, 0.15) is 6.92 Å². The van der Waals surface area contributed by atoms with Gasteiger partial charge in [0.1, 0.15) is 5.82 Å². The second-order valence-electron chi connectivity index (χ2n) is 5.98. The fraction of sp³-hybridized carbons (Fsp3) is 0.111. The van der Waals surface area contributed by atoms with Gasteiger partial charge in [0.2, 0.25) is 5.91 Å². The number of aromatic nitrogens is 3. The first-order valence-electron chi connectivity index (χ1n) is 8.30. The van der Waals surface area contributed by atoms with Crippen LogP contribution in [0.4, 0.5) is 9.18 Å². The molecule has 0 aliphatic rings.